The van der Waals surface area contributed by atoms with Crippen molar-refractivity contribution < 1.29 is 9.90 Å². The molecular formula is C18H29N3O2. The van der Waals surface area contributed by atoms with Crippen LogP contribution in [0.3, 0.4) is 0 Å². The number of carbonyl (C=O) groups is 1. The quantitative estimate of drug-likeness (QED) is 0.753. The lowest BCUT2D eigenvalue weighted by atomic mass is 9.86. The second kappa shape index (κ2) is 7.68. The molecule has 2 unspecified atom stereocenters. The topological polar surface area (TPSA) is 64.6 Å². The molecule has 0 bridgehead atoms. The van der Waals surface area contributed by atoms with E-state index >= 15 is 0 Å². The van der Waals surface area contributed by atoms with E-state index in [1.165, 1.54) is 11.3 Å². The molecule has 1 fully saturated rings. The van der Waals surface area contributed by atoms with Crippen LogP contribution in [0.4, 0.5) is 10.5 Å². The van der Waals surface area contributed by atoms with Gasteiger partial charge in [-0.1, -0.05) is 25.5 Å². The van der Waals surface area contributed by atoms with E-state index in [4.69, 9.17) is 0 Å². The van der Waals surface area contributed by atoms with E-state index in [-0.39, 0.29) is 24.1 Å². The van der Waals surface area contributed by atoms with Crippen LogP contribution in [-0.4, -0.2) is 44.4 Å². The normalized spacial score (nSPS) is 23.6. The number of rotatable bonds is 6. The number of nitrogens with one attached hydrogen (secondary N) is 2. The Morgan fingerprint density at radius 1 is 1.35 bits per heavy atom. The molecule has 1 aliphatic rings. The molecule has 5 nitrogen and oxygen atoms in total. The van der Waals surface area contributed by atoms with Crippen LogP contribution in [0.25, 0.3) is 0 Å². The molecule has 23 heavy (non-hydrogen) atoms. The van der Waals surface area contributed by atoms with Crippen LogP contribution < -0.4 is 15.5 Å². The summed E-state index contributed by atoms with van der Waals surface area (Å²) in [6.45, 7) is 2.77. The van der Waals surface area contributed by atoms with Crippen molar-refractivity contribution in [2.24, 2.45) is 5.41 Å². The lowest BCUT2D eigenvalue weighted by Crippen LogP contribution is -2.48. The van der Waals surface area contributed by atoms with E-state index < -0.39 is 0 Å². The molecule has 2 atom stereocenters. The molecule has 0 spiro atoms. The van der Waals surface area contributed by atoms with E-state index in [0.717, 1.165) is 25.7 Å². The molecule has 1 aliphatic carbocycles. The third-order valence-electron chi connectivity index (χ3n) is 4.90. The smallest absolute Gasteiger partial charge is 0.315 e. The second-order valence-electron chi connectivity index (χ2n) is 6.97. The third-order valence-corrected chi connectivity index (χ3v) is 4.90. The monoisotopic (exact) mass is 319 g/mol. The fraction of sp³-hybridized carbons (Fsp3) is 0.611. The largest absolute Gasteiger partial charge is 0.396 e. The minimum Gasteiger partial charge on any atom is -0.396 e. The second-order valence-corrected chi connectivity index (χ2v) is 6.97. The first-order chi connectivity index (χ1) is 10.9. The van der Waals surface area contributed by atoms with Crippen LogP contribution in [-0.2, 0) is 6.42 Å². The van der Waals surface area contributed by atoms with Crippen LogP contribution >= 0.6 is 0 Å². The van der Waals surface area contributed by atoms with Crippen LogP contribution in [0, 0.1) is 5.41 Å². The highest BCUT2D eigenvalue weighted by molar-refractivity contribution is 5.74. The van der Waals surface area contributed by atoms with Crippen molar-refractivity contribution in [3.8, 4) is 0 Å². The number of amides is 2. The molecular weight excluding hydrogens is 290 g/mol. The molecule has 1 saturated carbocycles. The van der Waals surface area contributed by atoms with Gasteiger partial charge in [0.05, 0.1) is 6.61 Å². The van der Waals surface area contributed by atoms with Crippen molar-refractivity contribution in [3.05, 3.63) is 29.8 Å². The highest BCUT2D eigenvalue weighted by Crippen LogP contribution is 2.37. The number of nitrogens with zero attached hydrogens (tertiary/aromatic N) is 1. The maximum atomic E-state index is 12.0. The Hall–Kier alpha value is -1.75. The Kier molecular flexibility index (Phi) is 5.88. The first kappa shape index (κ1) is 17.6. The number of urea groups is 1. The van der Waals surface area contributed by atoms with E-state index in [1.54, 1.807) is 0 Å². The van der Waals surface area contributed by atoms with Crippen LogP contribution in [0.5, 0.6) is 0 Å². The van der Waals surface area contributed by atoms with Gasteiger partial charge in [-0.2, -0.15) is 0 Å². The molecule has 1 aromatic carbocycles. The fourth-order valence-electron chi connectivity index (χ4n) is 3.16. The van der Waals surface area contributed by atoms with Gasteiger partial charge < -0.3 is 20.6 Å². The van der Waals surface area contributed by atoms with Gasteiger partial charge >= 0.3 is 6.03 Å². The Labute approximate surface area is 139 Å². The van der Waals surface area contributed by atoms with Gasteiger partial charge in [0.25, 0.3) is 0 Å². The minimum absolute atomic E-state index is 0.0619. The van der Waals surface area contributed by atoms with Crippen LogP contribution in [0.15, 0.2) is 24.3 Å². The predicted octanol–water partition coefficient (Wildman–Crippen LogP) is 2.15. The van der Waals surface area contributed by atoms with Crippen molar-refractivity contribution in [1.82, 2.24) is 10.6 Å². The van der Waals surface area contributed by atoms with E-state index in [0.29, 0.717) is 6.54 Å². The Morgan fingerprint density at radius 3 is 2.65 bits per heavy atom. The molecule has 3 N–H and O–H groups in total. The van der Waals surface area contributed by atoms with E-state index in [2.05, 4.69) is 39.8 Å². The number of carbonyl (C=O) groups excluding carboxylic acids is 1. The molecule has 2 rings (SSSR count). The summed E-state index contributed by atoms with van der Waals surface area (Å²) in [6.07, 6.45) is 3.77. The van der Waals surface area contributed by atoms with Crippen molar-refractivity contribution in [3.63, 3.8) is 0 Å². The van der Waals surface area contributed by atoms with Gasteiger partial charge in [0, 0.05) is 37.8 Å². The minimum atomic E-state index is -0.181. The molecule has 0 radical (unpaired) electrons. The van der Waals surface area contributed by atoms with Crippen molar-refractivity contribution in [2.45, 2.75) is 38.6 Å². The molecule has 0 aliphatic heterocycles. The number of hydrogen-bond acceptors (Lipinski definition) is 3. The number of aliphatic hydroxyl groups excluding tert-OH is 1. The fourth-order valence-corrected chi connectivity index (χ4v) is 3.16. The summed E-state index contributed by atoms with van der Waals surface area (Å²) in [5, 5.41) is 15.4. The zero-order valence-corrected chi connectivity index (χ0v) is 14.4. The SMILES string of the molecule is CN(C)c1ccc(CCNC(=O)NC2CCCC2(C)CO)cc1. The highest BCUT2D eigenvalue weighted by atomic mass is 16.3. The van der Waals surface area contributed by atoms with Crippen molar-refractivity contribution >= 4 is 11.7 Å². The molecule has 2 amide bonds. The van der Waals surface area contributed by atoms with E-state index in [1.807, 2.05) is 21.0 Å². The van der Waals surface area contributed by atoms with Gasteiger partial charge in [-0.15, -0.1) is 0 Å². The molecule has 0 aromatic heterocycles. The summed E-state index contributed by atoms with van der Waals surface area (Å²) < 4.78 is 0. The molecule has 128 valence electrons. The third kappa shape index (κ3) is 4.61. The first-order valence-electron chi connectivity index (χ1n) is 8.36. The predicted molar refractivity (Wildman–Crippen MR) is 93.8 cm³/mol. The Balaban J connectivity index is 1.74. The highest BCUT2D eigenvalue weighted by Gasteiger charge is 2.38. The van der Waals surface area contributed by atoms with Gasteiger partial charge in [0.1, 0.15) is 0 Å². The zero-order chi connectivity index (χ0) is 16.9. The number of hydrogen-bond donors (Lipinski definition) is 3. The van der Waals surface area contributed by atoms with Gasteiger partial charge in [-0.25, -0.2) is 4.79 Å². The van der Waals surface area contributed by atoms with E-state index in [9.17, 15) is 9.90 Å². The summed E-state index contributed by atoms with van der Waals surface area (Å²) in [5.74, 6) is 0. The number of aliphatic hydroxyl groups is 1. The van der Waals surface area contributed by atoms with Crippen molar-refractivity contribution in [1.29, 1.82) is 0 Å². The lowest BCUT2D eigenvalue weighted by Gasteiger charge is -2.30. The molecule has 5 heteroatoms. The van der Waals surface area contributed by atoms with Crippen molar-refractivity contribution in [2.75, 3.05) is 32.1 Å². The van der Waals surface area contributed by atoms with Gasteiger partial charge in [0.2, 0.25) is 0 Å². The van der Waals surface area contributed by atoms with Gasteiger partial charge in [-0.05, 0) is 37.0 Å². The summed E-state index contributed by atoms with van der Waals surface area (Å²) >= 11 is 0. The average molecular weight is 319 g/mol. The number of benzene rings is 1. The summed E-state index contributed by atoms with van der Waals surface area (Å²) in [6, 6.07) is 8.28. The zero-order valence-electron chi connectivity index (χ0n) is 14.4. The van der Waals surface area contributed by atoms with Gasteiger partial charge in [0.15, 0.2) is 0 Å². The number of anilines is 1. The standard InChI is InChI=1S/C18H29N3O2/c1-18(13-22)11-4-5-16(18)20-17(23)19-12-10-14-6-8-15(9-7-14)21(2)3/h6-9,16,22H,4-5,10-13H2,1-3H3,(H2,19,20,23). The lowest BCUT2D eigenvalue weighted by molar-refractivity contribution is 0.121. The Morgan fingerprint density at radius 2 is 2.04 bits per heavy atom. The Bertz CT molecular complexity index is 516. The first-order valence-corrected chi connectivity index (χ1v) is 8.36. The van der Waals surface area contributed by atoms with Gasteiger partial charge in [-0.3, -0.25) is 0 Å². The maximum absolute atomic E-state index is 12.0. The van der Waals surface area contributed by atoms with Crippen LogP contribution in [0.2, 0.25) is 0 Å². The maximum Gasteiger partial charge on any atom is 0.315 e. The molecule has 0 heterocycles. The summed E-state index contributed by atoms with van der Waals surface area (Å²) in [7, 11) is 4.04. The molecule has 0 saturated heterocycles. The summed E-state index contributed by atoms with van der Waals surface area (Å²) in [5.41, 5.74) is 2.19. The molecule has 1 aromatic rings. The average Bonchev–Trinajstić information content (AvgIpc) is 2.89. The summed E-state index contributed by atoms with van der Waals surface area (Å²) in [4.78, 5) is 14.1. The van der Waals surface area contributed by atoms with Crippen LogP contribution in [0.1, 0.15) is 31.7 Å².